The Morgan fingerprint density at radius 1 is 1.17 bits per heavy atom. The number of benzene rings is 1. The van der Waals surface area contributed by atoms with Crippen molar-refractivity contribution in [1.29, 1.82) is 0 Å². The van der Waals surface area contributed by atoms with Gasteiger partial charge in [0.25, 0.3) is 11.5 Å². The van der Waals surface area contributed by atoms with Crippen molar-refractivity contribution in [3.05, 3.63) is 92.6 Å². The first kappa shape index (κ1) is 23.1. The van der Waals surface area contributed by atoms with Crippen LogP contribution in [0.25, 0.3) is 11.3 Å². The van der Waals surface area contributed by atoms with E-state index >= 15 is 0 Å². The van der Waals surface area contributed by atoms with Gasteiger partial charge in [0.15, 0.2) is 0 Å². The zero-order chi connectivity index (χ0) is 24.2. The zero-order valence-corrected chi connectivity index (χ0v) is 20.2. The Morgan fingerprint density at radius 2 is 2.03 bits per heavy atom. The highest BCUT2D eigenvalue weighted by atomic mass is 32.1. The number of amides is 1. The van der Waals surface area contributed by atoms with Gasteiger partial charge in [0.1, 0.15) is 22.1 Å². The van der Waals surface area contributed by atoms with Gasteiger partial charge in [-0.1, -0.05) is 30.3 Å². The second-order valence-electron chi connectivity index (χ2n) is 8.30. The van der Waals surface area contributed by atoms with Crippen molar-refractivity contribution in [1.82, 2.24) is 19.8 Å². The van der Waals surface area contributed by atoms with Crippen molar-refractivity contribution in [3.63, 3.8) is 0 Å². The van der Waals surface area contributed by atoms with Crippen LogP contribution in [-0.4, -0.2) is 40.6 Å². The molecule has 9 heteroatoms. The lowest BCUT2D eigenvalue weighted by atomic mass is 10.1. The first-order chi connectivity index (χ1) is 17.1. The summed E-state index contributed by atoms with van der Waals surface area (Å²) in [6, 6.07) is 15.1. The fraction of sp³-hybridized carbons (Fsp3) is 0.269. The van der Waals surface area contributed by atoms with Gasteiger partial charge in [-0.15, -0.1) is 11.3 Å². The summed E-state index contributed by atoms with van der Waals surface area (Å²) in [5, 5.41) is 5.99. The molecule has 1 N–H and O–H groups in total. The molecular formula is C26H26N4O4S. The molecule has 3 aromatic heterocycles. The van der Waals surface area contributed by atoms with Crippen LogP contribution < -0.4 is 15.6 Å². The van der Waals surface area contributed by atoms with Gasteiger partial charge in [-0.2, -0.15) is 0 Å². The normalized spacial score (nSPS) is 13.7. The summed E-state index contributed by atoms with van der Waals surface area (Å²) in [7, 11) is 1.48. The molecule has 4 heterocycles. The van der Waals surface area contributed by atoms with Crippen molar-refractivity contribution in [2.45, 2.75) is 26.1 Å². The highest BCUT2D eigenvalue weighted by Crippen LogP contribution is 2.25. The Balaban J connectivity index is 1.34. The predicted molar refractivity (Wildman–Crippen MR) is 134 cm³/mol. The summed E-state index contributed by atoms with van der Waals surface area (Å²) in [4.78, 5) is 33.1. The van der Waals surface area contributed by atoms with E-state index in [0.717, 1.165) is 16.3 Å². The molecule has 1 amide bonds. The van der Waals surface area contributed by atoms with E-state index in [0.29, 0.717) is 55.4 Å². The summed E-state index contributed by atoms with van der Waals surface area (Å²) >= 11 is 1.64. The molecule has 0 radical (unpaired) electrons. The standard InChI is InChI=1S/C26H26N4O4S/c1-33-22-14-24(31)30-12-11-29(16-23-28-20(17-35-23)18-6-3-2-4-7-18)10-9-21(30)25(22)26(32)27-15-19-8-5-13-34-19/h2-8,13-14,17H,9-12,15-16H2,1H3,(H,27,32). The van der Waals surface area contributed by atoms with Crippen molar-refractivity contribution in [2.24, 2.45) is 0 Å². The predicted octanol–water partition coefficient (Wildman–Crippen LogP) is 3.56. The number of hydrogen-bond acceptors (Lipinski definition) is 7. The largest absolute Gasteiger partial charge is 0.496 e. The molecule has 1 aliphatic rings. The van der Waals surface area contributed by atoms with E-state index in [9.17, 15) is 9.59 Å². The van der Waals surface area contributed by atoms with Gasteiger partial charge in [0.05, 0.1) is 32.2 Å². The van der Waals surface area contributed by atoms with Crippen LogP contribution in [0.3, 0.4) is 0 Å². The Labute approximate surface area is 206 Å². The average Bonchev–Trinajstić information content (AvgIpc) is 3.53. The first-order valence-electron chi connectivity index (χ1n) is 11.5. The summed E-state index contributed by atoms with van der Waals surface area (Å²) in [6.45, 7) is 2.83. The number of rotatable bonds is 7. The van der Waals surface area contributed by atoms with Crippen LogP contribution in [0.15, 0.2) is 69.4 Å². The number of hydrogen-bond donors (Lipinski definition) is 1. The molecule has 35 heavy (non-hydrogen) atoms. The number of nitrogens with zero attached hydrogens (tertiary/aromatic N) is 3. The van der Waals surface area contributed by atoms with E-state index in [2.05, 4.69) is 27.7 Å². The number of carbonyl (C=O) groups excluding carboxylic acids is 1. The number of carbonyl (C=O) groups is 1. The number of aromatic nitrogens is 2. The van der Waals surface area contributed by atoms with Crippen LogP contribution in [0.4, 0.5) is 0 Å². The number of pyridine rings is 1. The van der Waals surface area contributed by atoms with Crippen LogP contribution >= 0.6 is 11.3 Å². The van der Waals surface area contributed by atoms with Crippen LogP contribution in [0.5, 0.6) is 5.75 Å². The number of nitrogens with one attached hydrogen (secondary N) is 1. The van der Waals surface area contributed by atoms with Gasteiger partial charge in [-0.25, -0.2) is 4.98 Å². The van der Waals surface area contributed by atoms with E-state index in [1.807, 2.05) is 18.2 Å². The molecule has 0 saturated carbocycles. The van der Waals surface area contributed by atoms with E-state index in [4.69, 9.17) is 14.1 Å². The molecule has 0 spiro atoms. The van der Waals surface area contributed by atoms with E-state index in [-0.39, 0.29) is 18.0 Å². The number of ether oxygens (including phenoxy) is 1. The van der Waals surface area contributed by atoms with Crippen molar-refractivity contribution in [3.8, 4) is 17.0 Å². The molecule has 4 aromatic rings. The van der Waals surface area contributed by atoms with Crippen molar-refractivity contribution >= 4 is 17.2 Å². The van der Waals surface area contributed by atoms with E-state index < -0.39 is 0 Å². The van der Waals surface area contributed by atoms with Gasteiger partial charge < -0.3 is 19.0 Å². The van der Waals surface area contributed by atoms with Gasteiger partial charge in [0, 0.05) is 48.8 Å². The van der Waals surface area contributed by atoms with Gasteiger partial charge >= 0.3 is 0 Å². The Kier molecular flexibility index (Phi) is 6.78. The molecule has 0 unspecified atom stereocenters. The number of fused-ring (bicyclic) bond motifs is 1. The lowest BCUT2D eigenvalue weighted by Gasteiger charge is -2.17. The third-order valence-corrected chi connectivity index (χ3v) is 6.95. The van der Waals surface area contributed by atoms with Crippen molar-refractivity contribution in [2.75, 3.05) is 20.2 Å². The smallest absolute Gasteiger partial charge is 0.257 e. The van der Waals surface area contributed by atoms with Crippen LogP contribution in [-0.2, 0) is 26.1 Å². The van der Waals surface area contributed by atoms with Crippen LogP contribution in [0.2, 0.25) is 0 Å². The molecule has 0 saturated heterocycles. The molecular weight excluding hydrogens is 464 g/mol. The molecule has 0 atom stereocenters. The monoisotopic (exact) mass is 490 g/mol. The zero-order valence-electron chi connectivity index (χ0n) is 19.4. The Hall–Kier alpha value is -3.69. The molecule has 1 aliphatic heterocycles. The number of thiazole rings is 1. The molecule has 5 rings (SSSR count). The van der Waals surface area contributed by atoms with Gasteiger partial charge in [0.2, 0.25) is 0 Å². The summed E-state index contributed by atoms with van der Waals surface area (Å²) in [5.41, 5.74) is 3.00. The van der Waals surface area contributed by atoms with Crippen molar-refractivity contribution < 1.29 is 13.9 Å². The van der Waals surface area contributed by atoms with Gasteiger partial charge in [-0.3, -0.25) is 14.5 Å². The molecule has 180 valence electrons. The molecule has 8 nitrogen and oxygen atoms in total. The number of methoxy groups -OCH3 is 1. The summed E-state index contributed by atoms with van der Waals surface area (Å²) < 4.78 is 12.5. The maximum absolute atomic E-state index is 13.2. The fourth-order valence-electron chi connectivity index (χ4n) is 4.34. The third kappa shape index (κ3) is 5.06. The average molecular weight is 491 g/mol. The van der Waals surface area contributed by atoms with E-state index in [1.165, 1.54) is 13.2 Å². The Morgan fingerprint density at radius 3 is 2.80 bits per heavy atom. The third-order valence-electron chi connectivity index (χ3n) is 6.12. The highest BCUT2D eigenvalue weighted by Gasteiger charge is 2.25. The maximum Gasteiger partial charge on any atom is 0.257 e. The fourth-order valence-corrected chi connectivity index (χ4v) is 5.19. The molecule has 1 aromatic carbocycles. The lowest BCUT2D eigenvalue weighted by molar-refractivity contribution is 0.0942. The molecule has 0 aliphatic carbocycles. The highest BCUT2D eigenvalue weighted by molar-refractivity contribution is 7.09. The SMILES string of the molecule is COc1cc(=O)n2c(c1C(=O)NCc1ccco1)CCN(Cc1nc(-c3ccccc3)cs1)CC2. The van der Waals surface area contributed by atoms with Crippen LogP contribution in [0.1, 0.15) is 26.8 Å². The first-order valence-corrected chi connectivity index (χ1v) is 12.3. The summed E-state index contributed by atoms with van der Waals surface area (Å²) in [6.07, 6.45) is 2.11. The second kappa shape index (κ2) is 10.3. The minimum Gasteiger partial charge on any atom is -0.496 e. The quantitative estimate of drug-likeness (QED) is 0.426. The Bertz CT molecular complexity index is 1360. The maximum atomic E-state index is 13.2. The van der Waals surface area contributed by atoms with Crippen LogP contribution in [0, 0.1) is 0 Å². The molecule has 0 bridgehead atoms. The topological polar surface area (TPSA) is 89.6 Å². The number of furan rings is 1. The van der Waals surface area contributed by atoms with Gasteiger partial charge in [-0.05, 0) is 12.1 Å². The molecule has 0 fully saturated rings. The van der Waals surface area contributed by atoms with E-state index in [1.54, 1.807) is 34.3 Å². The second-order valence-corrected chi connectivity index (χ2v) is 9.25. The summed E-state index contributed by atoms with van der Waals surface area (Å²) in [5.74, 6) is 0.656. The lowest BCUT2D eigenvalue weighted by Crippen LogP contribution is -2.31. The minimum atomic E-state index is -0.289. The minimum absolute atomic E-state index is 0.165.